The third kappa shape index (κ3) is 6.78. The molecule has 0 aliphatic carbocycles. The second-order valence-electron chi connectivity index (χ2n) is 5.23. The fraction of sp³-hybridized carbons (Fsp3) is 0.733. The number of guanidine groups is 1. The lowest BCUT2D eigenvalue weighted by molar-refractivity contribution is 0.0367. The third-order valence-corrected chi connectivity index (χ3v) is 4.75. The number of aliphatic hydroxyl groups is 1. The standard InChI is InChI=1S/C15H28N4OS.HI/c1-6-15(20,7-2)10-18-14(16-8-3)17-9-13-19-11(4)12(5)21-13;/h20H,6-10H2,1-5H3,(H2,16,17,18);1H. The molecule has 0 saturated carbocycles. The summed E-state index contributed by atoms with van der Waals surface area (Å²) in [7, 11) is 0. The third-order valence-electron chi connectivity index (χ3n) is 3.69. The molecule has 1 heterocycles. The highest BCUT2D eigenvalue weighted by atomic mass is 127. The van der Waals surface area contributed by atoms with Crippen LogP contribution in [0.2, 0.25) is 0 Å². The van der Waals surface area contributed by atoms with Gasteiger partial charge in [-0.15, -0.1) is 35.3 Å². The Balaban J connectivity index is 0.00000441. The molecule has 0 aliphatic rings. The van der Waals surface area contributed by atoms with Crippen LogP contribution in [-0.2, 0) is 6.54 Å². The van der Waals surface area contributed by atoms with Crippen LogP contribution in [0.15, 0.2) is 4.99 Å². The van der Waals surface area contributed by atoms with Crippen molar-refractivity contribution in [3.05, 3.63) is 15.6 Å². The molecule has 0 saturated heterocycles. The highest BCUT2D eigenvalue weighted by molar-refractivity contribution is 14.0. The number of aromatic nitrogens is 1. The topological polar surface area (TPSA) is 69.5 Å². The van der Waals surface area contributed by atoms with Gasteiger partial charge in [0.15, 0.2) is 5.96 Å². The number of hydrogen-bond acceptors (Lipinski definition) is 4. The average Bonchev–Trinajstić information content (AvgIpc) is 2.80. The van der Waals surface area contributed by atoms with E-state index in [9.17, 15) is 5.11 Å². The molecule has 0 fully saturated rings. The molecular formula is C15H29IN4OS. The van der Waals surface area contributed by atoms with Gasteiger partial charge in [0, 0.05) is 18.0 Å². The molecule has 0 aliphatic heterocycles. The van der Waals surface area contributed by atoms with Crippen LogP contribution in [0.25, 0.3) is 0 Å². The molecule has 3 N–H and O–H groups in total. The summed E-state index contributed by atoms with van der Waals surface area (Å²) < 4.78 is 0. The van der Waals surface area contributed by atoms with Gasteiger partial charge in [-0.3, -0.25) is 0 Å². The van der Waals surface area contributed by atoms with Crippen molar-refractivity contribution in [2.45, 2.75) is 59.6 Å². The van der Waals surface area contributed by atoms with Crippen molar-refractivity contribution < 1.29 is 5.11 Å². The zero-order valence-corrected chi connectivity index (χ0v) is 17.3. The summed E-state index contributed by atoms with van der Waals surface area (Å²) in [5.74, 6) is 0.725. The first kappa shape index (κ1) is 21.6. The minimum Gasteiger partial charge on any atom is -0.388 e. The molecule has 128 valence electrons. The normalized spacial score (nSPS) is 12.0. The Kier molecular flexibility index (Phi) is 10.2. The van der Waals surface area contributed by atoms with Crippen molar-refractivity contribution in [1.82, 2.24) is 15.6 Å². The van der Waals surface area contributed by atoms with Crippen molar-refractivity contribution in [3.63, 3.8) is 0 Å². The van der Waals surface area contributed by atoms with Crippen molar-refractivity contribution in [2.24, 2.45) is 4.99 Å². The van der Waals surface area contributed by atoms with E-state index >= 15 is 0 Å². The second-order valence-corrected chi connectivity index (χ2v) is 6.52. The van der Waals surface area contributed by atoms with Gasteiger partial charge >= 0.3 is 0 Å². The molecule has 0 spiro atoms. The Labute approximate surface area is 155 Å². The van der Waals surface area contributed by atoms with E-state index in [0.29, 0.717) is 13.1 Å². The lowest BCUT2D eigenvalue weighted by atomic mass is 9.98. The Bertz CT molecular complexity index is 453. The lowest BCUT2D eigenvalue weighted by Gasteiger charge is -2.26. The summed E-state index contributed by atoms with van der Waals surface area (Å²) in [4.78, 5) is 10.3. The summed E-state index contributed by atoms with van der Waals surface area (Å²) in [5, 5.41) is 17.8. The number of aliphatic imine (C=N–C) groups is 1. The van der Waals surface area contributed by atoms with E-state index in [2.05, 4.69) is 27.5 Å². The summed E-state index contributed by atoms with van der Waals surface area (Å²) in [6.07, 6.45) is 1.45. The number of rotatable bonds is 7. The smallest absolute Gasteiger partial charge is 0.191 e. The van der Waals surface area contributed by atoms with Crippen LogP contribution < -0.4 is 10.6 Å². The summed E-state index contributed by atoms with van der Waals surface area (Å²) >= 11 is 1.68. The summed E-state index contributed by atoms with van der Waals surface area (Å²) in [6, 6.07) is 0. The van der Waals surface area contributed by atoms with Gasteiger partial charge in [-0.2, -0.15) is 0 Å². The molecule has 1 rings (SSSR count). The summed E-state index contributed by atoms with van der Waals surface area (Å²) in [5.41, 5.74) is 0.402. The van der Waals surface area contributed by atoms with Crippen LogP contribution in [0, 0.1) is 13.8 Å². The number of hydrogen-bond donors (Lipinski definition) is 3. The monoisotopic (exact) mass is 440 g/mol. The highest BCUT2D eigenvalue weighted by Gasteiger charge is 2.22. The van der Waals surface area contributed by atoms with Gasteiger partial charge in [-0.05, 0) is 33.6 Å². The predicted octanol–water partition coefficient (Wildman–Crippen LogP) is 2.98. The van der Waals surface area contributed by atoms with Crippen LogP contribution in [0.1, 0.15) is 49.2 Å². The molecule has 0 atom stereocenters. The predicted molar refractivity (Wildman–Crippen MR) is 105 cm³/mol. The van der Waals surface area contributed by atoms with Gasteiger partial charge < -0.3 is 15.7 Å². The Morgan fingerprint density at radius 1 is 1.23 bits per heavy atom. The van der Waals surface area contributed by atoms with Crippen molar-refractivity contribution in [3.8, 4) is 0 Å². The van der Waals surface area contributed by atoms with E-state index in [1.54, 1.807) is 11.3 Å². The maximum absolute atomic E-state index is 10.3. The zero-order valence-electron chi connectivity index (χ0n) is 14.2. The first-order valence-electron chi connectivity index (χ1n) is 7.61. The van der Waals surface area contributed by atoms with Gasteiger partial charge in [0.05, 0.1) is 17.8 Å². The van der Waals surface area contributed by atoms with E-state index < -0.39 is 5.60 Å². The minimum absolute atomic E-state index is 0. The number of halogens is 1. The van der Waals surface area contributed by atoms with Gasteiger partial charge in [-0.1, -0.05) is 13.8 Å². The van der Waals surface area contributed by atoms with Gasteiger partial charge in [-0.25, -0.2) is 9.98 Å². The highest BCUT2D eigenvalue weighted by Crippen LogP contribution is 2.17. The molecule has 1 aromatic rings. The van der Waals surface area contributed by atoms with Crippen molar-refractivity contribution >= 4 is 41.3 Å². The van der Waals surface area contributed by atoms with Gasteiger partial charge in [0.1, 0.15) is 5.01 Å². The number of nitrogens with one attached hydrogen (secondary N) is 2. The maximum Gasteiger partial charge on any atom is 0.191 e. The quantitative estimate of drug-likeness (QED) is 0.347. The van der Waals surface area contributed by atoms with E-state index in [-0.39, 0.29) is 24.0 Å². The fourth-order valence-electron chi connectivity index (χ4n) is 1.84. The molecule has 0 bridgehead atoms. The van der Waals surface area contributed by atoms with E-state index in [4.69, 9.17) is 0 Å². The van der Waals surface area contributed by atoms with E-state index in [1.165, 1.54) is 4.88 Å². The minimum atomic E-state index is -0.676. The zero-order chi connectivity index (χ0) is 15.9. The molecule has 0 unspecified atom stereocenters. The average molecular weight is 440 g/mol. The van der Waals surface area contributed by atoms with Crippen LogP contribution in [0.3, 0.4) is 0 Å². The second kappa shape index (κ2) is 10.4. The number of thiazole rings is 1. The summed E-state index contributed by atoms with van der Waals surface area (Å²) in [6.45, 7) is 12.0. The molecule has 0 radical (unpaired) electrons. The molecular weight excluding hydrogens is 411 g/mol. The molecule has 5 nitrogen and oxygen atoms in total. The Morgan fingerprint density at radius 3 is 2.32 bits per heavy atom. The van der Waals surface area contributed by atoms with Crippen LogP contribution >= 0.6 is 35.3 Å². The van der Waals surface area contributed by atoms with Crippen molar-refractivity contribution in [1.29, 1.82) is 0 Å². The largest absolute Gasteiger partial charge is 0.388 e. The maximum atomic E-state index is 10.3. The molecule has 0 aromatic carbocycles. The number of nitrogens with zero attached hydrogens (tertiary/aromatic N) is 2. The number of aryl methyl sites for hydroxylation is 2. The first-order chi connectivity index (χ1) is 9.94. The van der Waals surface area contributed by atoms with E-state index in [1.807, 2.05) is 27.7 Å². The molecule has 22 heavy (non-hydrogen) atoms. The fourth-order valence-corrected chi connectivity index (χ4v) is 2.70. The van der Waals surface area contributed by atoms with Crippen molar-refractivity contribution in [2.75, 3.05) is 13.1 Å². The molecule has 0 amide bonds. The SMILES string of the molecule is CCNC(=NCc1nc(C)c(C)s1)NCC(O)(CC)CC.I. The first-order valence-corrected chi connectivity index (χ1v) is 8.43. The Morgan fingerprint density at radius 2 is 1.86 bits per heavy atom. The van der Waals surface area contributed by atoms with Gasteiger partial charge in [0.2, 0.25) is 0 Å². The van der Waals surface area contributed by atoms with Crippen LogP contribution in [0.4, 0.5) is 0 Å². The molecule has 1 aromatic heterocycles. The molecule has 7 heteroatoms. The van der Waals surface area contributed by atoms with Crippen LogP contribution in [-0.4, -0.2) is 34.7 Å². The van der Waals surface area contributed by atoms with Crippen LogP contribution in [0.5, 0.6) is 0 Å². The Hall–Kier alpha value is -0.410. The lowest BCUT2D eigenvalue weighted by Crippen LogP contribution is -2.46. The van der Waals surface area contributed by atoms with E-state index in [0.717, 1.165) is 36.0 Å². The van der Waals surface area contributed by atoms with Gasteiger partial charge in [0.25, 0.3) is 0 Å².